The standard InChI is InChI=1S/C8H12O2/c1-6-3-4-8(2,10)7(9)5-6/h3-5,7,9-10H,1-2H3. The molecule has 0 radical (unpaired) electrons. The Morgan fingerprint density at radius 1 is 1.60 bits per heavy atom. The van der Waals surface area contributed by atoms with Crippen molar-refractivity contribution >= 4 is 0 Å². The summed E-state index contributed by atoms with van der Waals surface area (Å²) in [7, 11) is 0. The van der Waals surface area contributed by atoms with Crippen LogP contribution in [0.1, 0.15) is 13.8 Å². The molecule has 0 heterocycles. The zero-order valence-electron chi connectivity index (χ0n) is 6.20. The first-order valence-corrected chi connectivity index (χ1v) is 3.30. The average Bonchev–Trinajstić information content (AvgIpc) is 1.81. The summed E-state index contributed by atoms with van der Waals surface area (Å²) in [5.41, 5.74) is -0.0986. The average molecular weight is 140 g/mol. The van der Waals surface area contributed by atoms with Crippen molar-refractivity contribution < 1.29 is 10.2 Å². The van der Waals surface area contributed by atoms with Crippen LogP contribution in [0, 0.1) is 0 Å². The van der Waals surface area contributed by atoms with Crippen LogP contribution in [0.25, 0.3) is 0 Å². The lowest BCUT2D eigenvalue weighted by atomic mass is 9.92. The van der Waals surface area contributed by atoms with E-state index in [1.807, 2.05) is 6.92 Å². The summed E-state index contributed by atoms with van der Waals surface area (Å²) in [5.74, 6) is 0. The minimum Gasteiger partial charge on any atom is -0.386 e. The van der Waals surface area contributed by atoms with Crippen LogP contribution in [-0.2, 0) is 0 Å². The van der Waals surface area contributed by atoms with Gasteiger partial charge >= 0.3 is 0 Å². The maximum absolute atomic E-state index is 9.38. The lowest BCUT2D eigenvalue weighted by Gasteiger charge is -2.26. The van der Waals surface area contributed by atoms with Gasteiger partial charge in [-0.25, -0.2) is 0 Å². The molecule has 2 heteroatoms. The van der Waals surface area contributed by atoms with Crippen LogP contribution in [0.3, 0.4) is 0 Å². The minimum absolute atomic E-state index is 0.766. The molecular formula is C8H12O2. The SMILES string of the molecule is CC1=CC(O)C(C)(O)C=C1. The molecule has 1 aliphatic carbocycles. The highest BCUT2D eigenvalue weighted by molar-refractivity contribution is 5.28. The predicted octanol–water partition coefficient (Wildman–Crippen LogP) is 0.614. The summed E-state index contributed by atoms with van der Waals surface area (Å²) in [5, 5.41) is 18.6. The predicted molar refractivity (Wildman–Crippen MR) is 39.5 cm³/mol. The Morgan fingerprint density at radius 2 is 2.20 bits per heavy atom. The number of aliphatic hydroxyl groups excluding tert-OH is 1. The highest BCUT2D eigenvalue weighted by Crippen LogP contribution is 2.19. The molecule has 0 amide bonds. The fourth-order valence-electron chi connectivity index (χ4n) is 0.872. The minimum atomic E-state index is -1.08. The van der Waals surface area contributed by atoms with E-state index in [1.54, 1.807) is 25.2 Å². The first-order chi connectivity index (χ1) is 4.52. The van der Waals surface area contributed by atoms with Gasteiger partial charge in [-0.15, -0.1) is 0 Å². The van der Waals surface area contributed by atoms with Crippen LogP contribution in [0.2, 0.25) is 0 Å². The van der Waals surface area contributed by atoms with Gasteiger partial charge in [0, 0.05) is 0 Å². The molecule has 0 aromatic carbocycles. The van der Waals surface area contributed by atoms with E-state index in [9.17, 15) is 10.2 Å². The van der Waals surface area contributed by atoms with Gasteiger partial charge in [-0.1, -0.05) is 23.8 Å². The highest BCUT2D eigenvalue weighted by Gasteiger charge is 2.27. The van der Waals surface area contributed by atoms with E-state index in [1.165, 1.54) is 0 Å². The molecule has 2 unspecified atom stereocenters. The molecule has 2 atom stereocenters. The topological polar surface area (TPSA) is 40.5 Å². The monoisotopic (exact) mass is 140 g/mol. The van der Waals surface area contributed by atoms with Crippen molar-refractivity contribution in [3.8, 4) is 0 Å². The molecular weight excluding hydrogens is 128 g/mol. The number of aliphatic hydroxyl groups is 2. The van der Waals surface area contributed by atoms with Crippen molar-refractivity contribution in [1.29, 1.82) is 0 Å². The second-order valence-corrected chi connectivity index (χ2v) is 2.91. The molecule has 0 saturated carbocycles. The van der Waals surface area contributed by atoms with E-state index in [0.29, 0.717) is 0 Å². The van der Waals surface area contributed by atoms with Crippen molar-refractivity contribution in [2.45, 2.75) is 25.6 Å². The molecule has 0 aliphatic heterocycles. The molecule has 2 N–H and O–H groups in total. The van der Waals surface area contributed by atoms with E-state index >= 15 is 0 Å². The van der Waals surface area contributed by atoms with Gasteiger partial charge in [0.1, 0.15) is 11.7 Å². The Hall–Kier alpha value is -0.600. The summed E-state index contributed by atoms with van der Waals surface area (Å²) >= 11 is 0. The third kappa shape index (κ3) is 1.28. The third-order valence-electron chi connectivity index (χ3n) is 1.70. The zero-order chi connectivity index (χ0) is 7.78. The Balaban J connectivity index is 2.84. The van der Waals surface area contributed by atoms with E-state index in [0.717, 1.165) is 5.57 Å². The van der Waals surface area contributed by atoms with Crippen molar-refractivity contribution in [2.75, 3.05) is 0 Å². The first-order valence-electron chi connectivity index (χ1n) is 3.30. The van der Waals surface area contributed by atoms with Gasteiger partial charge in [0.05, 0.1) is 0 Å². The maximum Gasteiger partial charge on any atom is 0.110 e. The van der Waals surface area contributed by atoms with Crippen molar-refractivity contribution in [2.24, 2.45) is 0 Å². The molecule has 0 aromatic heterocycles. The number of hydrogen-bond acceptors (Lipinski definition) is 2. The second-order valence-electron chi connectivity index (χ2n) is 2.91. The summed E-state index contributed by atoms with van der Waals surface area (Å²) in [4.78, 5) is 0. The summed E-state index contributed by atoms with van der Waals surface area (Å²) in [6.07, 6.45) is 4.28. The lowest BCUT2D eigenvalue weighted by molar-refractivity contribution is -0.00132. The highest BCUT2D eigenvalue weighted by atomic mass is 16.3. The lowest BCUT2D eigenvalue weighted by Crippen LogP contribution is -2.37. The Labute approximate surface area is 60.5 Å². The Kier molecular flexibility index (Phi) is 1.67. The molecule has 1 aliphatic rings. The third-order valence-corrected chi connectivity index (χ3v) is 1.70. The molecule has 56 valence electrons. The molecule has 1 rings (SSSR count). The van der Waals surface area contributed by atoms with Crippen LogP contribution in [0.4, 0.5) is 0 Å². The van der Waals surface area contributed by atoms with Crippen LogP contribution in [0.15, 0.2) is 23.8 Å². The quantitative estimate of drug-likeness (QED) is 0.517. The van der Waals surface area contributed by atoms with Crippen molar-refractivity contribution in [3.05, 3.63) is 23.8 Å². The maximum atomic E-state index is 9.38. The number of allylic oxidation sites excluding steroid dienone is 2. The van der Waals surface area contributed by atoms with Gasteiger partial charge in [0.2, 0.25) is 0 Å². The van der Waals surface area contributed by atoms with Crippen molar-refractivity contribution in [3.63, 3.8) is 0 Å². The zero-order valence-corrected chi connectivity index (χ0v) is 6.20. The van der Waals surface area contributed by atoms with Gasteiger partial charge in [-0.3, -0.25) is 0 Å². The largest absolute Gasteiger partial charge is 0.386 e. The molecule has 0 spiro atoms. The number of rotatable bonds is 0. The van der Waals surface area contributed by atoms with Crippen LogP contribution in [0.5, 0.6) is 0 Å². The normalized spacial score (nSPS) is 39.6. The summed E-state index contributed by atoms with van der Waals surface area (Å²) in [6, 6.07) is 0. The van der Waals surface area contributed by atoms with Gasteiger partial charge in [-0.05, 0) is 13.8 Å². The molecule has 2 nitrogen and oxygen atoms in total. The van der Waals surface area contributed by atoms with Crippen LogP contribution in [-0.4, -0.2) is 21.9 Å². The molecule has 0 bridgehead atoms. The van der Waals surface area contributed by atoms with E-state index < -0.39 is 11.7 Å². The second kappa shape index (κ2) is 2.22. The van der Waals surface area contributed by atoms with E-state index in [2.05, 4.69) is 0 Å². The van der Waals surface area contributed by atoms with Gasteiger partial charge < -0.3 is 10.2 Å². The van der Waals surface area contributed by atoms with E-state index in [4.69, 9.17) is 0 Å². The van der Waals surface area contributed by atoms with Crippen molar-refractivity contribution in [1.82, 2.24) is 0 Å². The molecule has 0 fully saturated rings. The fraction of sp³-hybridized carbons (Fsp3) is 0.500. The first kappa shape index (κ1) is 7.51. The molecule has 0 aromatic rings. The van der Waals surface area contributed by atoms with Crippen LogP contribution < -0.4 is 0 Å². The number of hydrogen-bond donors (Lipinski definition) is 2. The summed E-state index contributed by atoms with van der Waals surface area (Å²) < 4.78 is 0. The Morgan fingerprint density at radius 3 is 2.60 bits per heavy atom. The van der Waals surface area contributed by atoms with Gasteiger partial charge in [0.25, 0.3) is 0 Å². The summed E-state index contributed by atoms with van der Waals surface area (Å²) in [6.45, 7) is 3.46. The molecule has 0 saturated heterocycles. The fourth-order valence-corrected chi connectivity index (χ4v) is 0.872. The van der Waals surface area contributed by atoms with E-state index in [-0.39, 0.29) is 0 Å². The van der Waals surface area contributed by atoms with Crippen LogP contribution >= 0.6 is 0 Å². The van der Waals surface area contributed by atoms with Gasteiger partial charge in [-0.2, -0.15) is 0 Å². The van der Waals surface area contributed by atoms with Gasteiger partial charge in [0.15, 0.2) is 0 Å². The molecule has 10 heavy (non-hydrogen) atoms. The smallest absolute Gasteiger partial charge is 0.110 e. The Bertz CT molecular complexity index is 189.